The van der Waals surface area contributed by atoms with E-state index in [1.807, 2.05) is 13.0 Å². The molecule has 0 radical (unpaired) electrons. The molecule has 1 amide bonds. The molecule has 1 aromatic heterocycles. The number of likely N-dealkylation sites (tertiary alicyclic amines) is 1. The average molecular weight is 505 g/mol. The number of oxazole rings is 1. The number of alkyl halides is 1. The Morgan fingerprint density at radius 3 is 2.89 bits per heavy atom. The summed E-state index contributed by atoms with van der Waals surface area (Å²) in [6, 6.07) is 10.3. The molecule has 2 unspecified atom stereocenters. The summed E-state index contributed by atoms with van der Waals surface area (Å²) in [5.74, 6) is 0.0776. The number of aliphatic hydroxyl groups is 1. The van der Waals surface area contributed by atoms with Crippen molar-refractivity contribution < 1.29 is 28.2 Å². The molecule has 3 aromatic rings. The summed E-state index contributed by atoms with van der Waals surface area (Å²) in [5.41, 5.74) is 2.04. The SMILES string of the molecule is CCO[C@@H]1CC(CCO)N(C(=O)c2cc(OC)c3oc(CC(CF)c4cccc(Cl)c4)nc3c2)C1. The number of hydrogen-bond acceptors (Lipinski definition) is 6. The normalized spacial score (nSPS) is 18.8. The Hall–Kier alpha value is -2.68. The van der Waals surface area contributed by atoms with Gasteiger partial charge in [0.05, 0.1) is 19.9 Å². The number of fused-ring (bicyclic) bond motifs is 1. The van der Waals surface area contributed by atoms with Crippen LogP contribution < -0.4 is 4.74 Å². The van der Waals surface area contributed by atoms with Crippen LogP contribution >= 0.6 is 11.6 Å². The third-order valence-electron chi connectivity index (χ3n) is 6.40. The van der Waals surface area contributed by atoms with Crippen molar-refractivity contribution in [2.45, 2.75) is 44.2 Å². The van der Waals surface area contributed by atoms with E-state index in [-0.39, 0.29) is 31.1 Å². The second-order valence-electron chi connectivity index (χ2n) is 8.68. The van der Waals surface area contributed by atoms with Crippen LogP contribution in [0.2, 0.25) is 5.02 Å². The zero-order valence-corrected chi connectivity index (χ0v) is 20.6. The number of methoxy groups -OCH3 is 1. The molecule has 0 aliphatic carbocycles. The van der Waals surface area contributed by atoms with E-state index in [0.717, 1.165) is 5.56 Å². The Balaban J connectivity index is 1.61. The van der Waals surface area contributed by atoms with Crippen molar-refractivity contribution in [3.8, 4) is 5.75 Å². The van der Waals surface area contributed by atoms with Gasteiger partial charge in [-0.1, -0.05) is 23.7 Å². The lowest BCUT2D eigenvalue weighted by atomic mass is 9.97. The van der Waals surface area contributed by atoms with E-state index in [4.69, 9.17) is 25.5 Å². The van der Waals surface area contributed by atoms with Gasteiger partial charge in [-0.25, -0.2) is 4.98 Å². The lowest BCUT2D eigenvalue weighted by Gasteiger charge is -2.24. The molecule has 1 fully saturated rings. The quantitative estimate of drug-likeness (QED) is 0.427. The van der Waals surface area contributed by atoms with E-state index < -0.39 is 12.6 Å². The van der Waals surface area contributed by atoms with E-state index in [2.05, 4.69) is 4.98 Å². The monoisotopic (exact) mass is 504 g/mol. The molecule has 3 atom stereocenters. The topological polar surface area (TPSA) is 85.0 Å². The molecule has 2 heterocycles. The van der Waals surface area contributed by atoms with E-state index in [1.54, 1.807) is 35.2 Å². The number of nitrogens with zero attached hydrogens (tertiary/aromatic N) is 2. The van der Waals surface area contributed by atoms with Crippen LogP contribution in [0.3, 0.4) is 0 Å². The molecule has 7 nitrogen and oxygen atoms in total. The third kappa shape index (κ3) is 5.60. The van der Waals surface area contributed by atoms with Gasteiger partial charge in [0.25, 0.3) is 5.91 Å². The number of aliphatic hydroxyl groups excluding tert-OH is 1. The first-order chi connectivity index (χ1) is 17.0. The fourth-order valence-electron chi connectivity index (χ4n) is 4.71. The van der Waals surface area contributed by atoms with Crippen LogP contribution in [0.4, 0.5) is 4.39 Å². The van der Waals surface area contributed by atoms with Crippen LogP contribution in [-0.4, -0.2) is 66.6 Å². The summed E-state index contributed by atoms with van der Waals surface area (Å²) in [6.07, 6.45) is 1.34. The van der Waals surface area contributed by atoms with Crippen molar-refractivity contribution in [3.05, 3.63) is 58.4 Å². The second-order valence-corrected chi connectivity index (χ2v) is 9.12. The van der Waals surface area contributed by atoms with Gasteiger partial charge in [0.15, 0.2) is 17.2 Å². The summed E-state index contributed by atoms with van der Waals surface area (Å²) in [4.78, 5) is 19.7. The summed E-state index contributed by atoms with van der Waals surface area (Å²) in [6.45, 7) is 2.34. The van der Waals surface area contributed by atoms with E-state index in [9.17, 15) is 14.3 Å². The van der Waals surface area contributed by atoms with Crippen molar-refractivity contribution in [2.75, 3.05) is 33.5 Å². The maximum atomic E-state index is 13.9. The molecule has 0 bridgehead atoms. The number of hydrogen-bond donors (Lipinski definition) is 1. The Labute approximate surface area is 208 Å². The standard InChI is InChI=1S/C26H30ClFN2O5/c1-3-34-21-13-20(7-8-31)30(15-21)26(32)17-10-22-25(23(11-17)33-2)35-24(29-22)12-18(14-28)16-5-4-6-19(27)9-16/h4-6,9-11,18,20-21,31H,3,7-8,12-15H2,1-2H3/t18?,20?,21-/m1/s1. The molecular formula is C26H30ClFN2O5. The number of benzene rings is 2. The maximum absolute atomic E-state index is 13.9. The predicted molar refractivity (Wildman–Crippen MR) is 131 cm³/mol. The van der Waals surface area contributed by atoms with Gasteiger partial charge in [-0.15, -0.1) is 0 Å². The number of ether oxygens (including phenoxy) is 2. The van der Waals surface area contributed by atoms with Crippen LogP contribution in [0.15, 0.2) is 40.8 Å². The smallest absolute Gasteiger partial charge is 0.254 e. The highest BCUT2D eigenvalue weighted by Crippen LogP contribution is 2.33. The van der Waals surface area contributed by atoms with E-state index >= 15 is 0 Å². The number of halogens is 2. The van der Waals surface area contributed by atoms with Crippen LogP contribution in [0, 0.1) is 0 Å². The van der Waals surface area contributed by atoms with Gasteiger partial charge in [0, 0.05) is 48.7 Å². The van der Waals surface area contributed by atoms with Gasteiger partial charge in [-0.05, 0) is 49.6 Å². The van der Waals surface area contributed by atoms with Gasteiger partial charge >= 0.3 is 0 Å². The molecule has 4 rings (SSSR count). The van der Waals surface area contributed by atoms with Gasteiger partial charge in [-0.3, -0.25) is 9.18 Å². The molecule has 9 heteroatoms. The van der Waals surface area contributed by atoms with Gasteiger partial charge in [-0.2, -0.15) is 0 Å². The van der Waals surface area contributed by atoms with Crippen LogP contribution in [-0.2, 0) is 11.2 Å². The lowest BCUT2D eigenvalue weighted by Crippen LogP contribution is -2.36. The highest BCUT2D eigenvalue weighted by molar-refractivity contribution is 6.30. The minimum atomic E-state index is -0.595. The lowest BCUT2D eigenvalue weighted by molar-refractivity contribution is 0.0587. The van der Waals surface area contributed by atoms with Crippen molar-refractivity contribution in [2.24, 2.45) is 0 Å². The molecule has 1 saturated heterocycles. The third-order valence-corrected chi connectivity index (χ3v) is 6.63. The minimum Gasteiger partial charge on any atom is -0.493 e. The van der Waals surface area contributed by atoms with E-state index in [1.165, 1.54) is 7.11 Å². The maximum Gasteiger partial charge on any atom is 0.254 e. The number of aromatic nitrogens is 1. The number of carbonyl (C=O) groups excluding carboxylic acids is 1. The highest BCUT2D eigenvalue weighted by atomic mass is 35.5. The number of rotatable bonds is 10. The molecular weight excluding hydrogens is 475 g/mol. The summed E-state index contributed by atoms with van der Waals surface area (Å²) in [7, 11) is 1.50. The molecule has 2 aromatic carbocycles. The molecule has 188 valence electrons. The van der Waals surface area contributed by atoms with Crippen molar-refractivity contribution >= 4 is 28.6 Å². The summed E-state index contributed by atoms with van der Waals surface area (Å²) >= 11 is 6.07. The van der Waals surface area contributed by atoms with E-state index in [0.29, 0.717) is 59.3 Å². The minimum absolute atomic E-state index is 0.00927. The molecule has 1 aliphatic rings. The first kappa shape index (κ1) is 25.4. The summed E-state index contributed by atoms with van der Waals surface area (Å²) in [5, 5.41) is 10.0. The van der Waals surface area contributed by atoms with Crippen molar-refractivity contribution in [1.82, 2.24) is 9.88 Å². The Kier molecular flexibility index (Phi) is 8.26. The molecule has 0 saturated carbocycles. The van der Waals surface area contributed by atoms with Crippen LogP contribution in [0.25, 0.3) is 11.1 Å². The zero-order valence-electron chi connectivity index (χ0n) is 19.9. The zero-order chi connectivity index (χ0) is 24.9. The molecule has 0 spiro atoms. The Morgan fingerprint density at radius 1 is 1.37 bits per heavy atom. The summed E-state index contributed by atoms with van der Waals surface area (Å²) < 4.78 is 31.0. The van der Waals surface area contributed by atoms with Crippen molar-refractivity contribution in [3.63, 3.8) is 0 Å². The molecule has 35 heavy (non-hydrogen) atoms. The van der Waals surface area contributed by atoms with Gasteiger partial charge in [0.2, 0.25) is 0 Å². The van der Waals surface area contributed by atoms with Crippen LogP contribution in [0.1, 0.15) is 47.5 Å². The van der Waals surface area contributed by atoms with Gasteiger partial charge in [0.1, 0.15) is 5.52 Å². The predicted octanol–water partition coefficient (Wildman–Crippen LogP) is 4.79. The second kappa shape index (κ2) is 11.4. The number of carbonyl (C=O) groups is 1. The number of amides is 1. The Morgan fingerprint density at radius 2 is 2.20 bits per heavy atom. The first-order valence-corrected chi connectivity index (χ1v) is 12.2. The largest absolute Gasteiger partial charge is 0.493 e. The fraction of sp³-hybridized carbons (Fsp3) is 0.462. The molecule has 1 aliphatic heterocycles. The molecule has 1 N–H and O–H groups in total. The Bertz CT molecular complexity index is 1170. The van der Waals surface area contributed by atoms with Crippen molar-refractivity contribution in [1.29, 1.82) is 0 Å². The average Bonchev–Trinajstić information content (AvgIpc) is 3.45. The fourth-order valence-corrected chi connectivity index (χ4v) is 4.91. The van der Waals surface area contributed by atoms with Crippen LogP contribution in [0.5, 0.6) is 5.75 Å². The highest BCUT2D eigenvalue weighted by Gasteiger charge is 2.36. The first-order valence-electron chi connectivity index (χ1n) is 11.8. The van der Waals surface area contributed by atoms with Gasteiger partial charge < -0.3 is 23.9 Å².